The summed E-state index contributed by atoms with van der Waals surface area (Å²) in [5, 5.41) is 9.64. The van der Waals surface area contributed by atoms with E-state index in [9.17, 15) is 4.79 Å². The molecule has 3 N–H and O–H groups in total. The van der Waals surface area contributed by atoms with Crippen molar-refractivity contribution in [3.8, 4) is 11.8 Å². The summed E-state index contributed by atoms with van der Waals surface area (Å²) in [4.78, 5) is 24.5. The Bertz CT molecular complexity index is 822. The number of rotatable bonds is 11. The van der Waals surface area contributed by atoms with Crippen molar-refractivity contribution in [3.63, 3.8) is 0 Å². The van der Waals surface area contributed by atoms with Gasteiger partial charge < -0.3 is 25.4 Å². The van der Waals surface area contributed by atoms with Gasteiger partial charge in [0, 0.05) is 17.6 Å². The number of carbonyl (C=O) groups is 1. The number of amides is 1. The first-order valence-corrected chi connectivity index (χ1v) is 9.86. The predicted molar refractivity (Wildman–Crippen MR) is 113 cm³/mol. The van der Waals surface area contributed by atoms with Crippen molar-refractivity contribution in [2.75, 3.05) is 36.9 Å². The molecule has 0 aliphatic rings. The molecule has 0 aliphatic heterocycles. The number of halogens is 2. The average Bonchev–Trinajstić information content (AvgIpc) is 2.64. The molecule has 0 aliphatic carbocycles. The van der Waals surface area contributed by atoms with E-state index in [1.54, 1.807) is 18.2 Å². The number of ether oxygens (including phenoxy) is 2. The van der Waals surface area contributed by atoms with E-state index >= 15 is 0 Å². The molecule has 158 valence electrons. The van der Waals surface area contributed by atoms with Crippen LogP contribution in [0.3, 0.4) is 0 Å². The van der Waals surface area contributed by atoms with Crippen LogP contribution in [0.15, 0.2) is 18.2 Å². The fourth-order valence-electron chi connectivity index (χ4n) is 2.10. The molecular formula is C18H24Cl2N6O3. The molecule has 0 saturated carbocycles. The number of anilines is 2. The summed E-state index contributed by atoms with van der Waals surface area (Å²) in [7, 11) is 0. The van der Waals surface area contributed by atoms with Crippen molar-refractivity contribution in [1.29, 1.82) is 0 Å². The minimum absolute atomic E-state index is 0.160. The molecule has 0 spiro atoms. The van der Waals surface area contributed by atoms with Crippen LogP contribution in [-0.4, -0.2) is 53.2 Å². The van der Waals surface area contributed by atoms with Crippen molar-refractivity contribution >= 4 is 41.0 Å². The molecule has 0 bridgehead atoms. The van der Waals surface area contributed by atoms with Gasteiger partial charge in [0.1, 0.15) is 12.4 Å². The lowest BCUT2D eigenvalue weighted by Crippen LogP contribution is -2.32. The van der Waals surface area contributed by atoms with E-state index in [1.165, 1.54) is 0 Å². The van der Waals surface area contributed by atoms with E-state index in [1.807, 2.05) is 20.8 Å². The molecule has 0 saturated heterocycles. The maximum Gasteiger partial charge on any atom is 0.323 e. The smallest absolute Gasteiger partial charge is 0.323 e. The normalized spacial score (nSPS) is 10.6. The van der Waals surface area contributed by atoms with Gasteiger partial charge in [-0.3, -0.25) is 4.79 Å². The standard InChI is InChI=1S/C18H24Cl2N6O3/c1-4-21-16-24-17(23-11(2)3)26-18(25-16)28-8-7-22-15(27)10-29-14-6-5-12(19)9-13(14)20/h5-6,9,11H,4,7-8,10H2,1-3H3,(H,22,27)(H2,21,23,24,25,26). The van der Waals surface area contributed by atoms with Gasteiger partial charge in [-0.25, -0.2) is 0 Å². The Balaban J connectivity index is 1.78. The highest BCUT2D eigenvalue weighted by molar-refractivity contribution is 6.35. The minimum Gasteiger partial charge on any atom is -0.482 e. The Hall–Kier alpha value is -2.52. The van der Waals surface area contributed by atoms with E-state index in [4.69, 9.17) is 32.7 Å². The fourth-order valence-corrected chi connectivity index (χ4v) is 2.56. The topological polar surface area (TPSA) is 110 Å². The highest BCUT2D eigenvalue weighted by Crippen LogP contribution is 2.27. The van der Waals surface area contributed by atoms with Crippen LogP contribution in [0.5, 0.6) is 11.8 Å². The summed E-state index contributed by atoms with van der Waals surface area (Å²) in [5.74, 6) is 0.899. The summed E-state index contributed by atoms with van der Waals surface area (Å²) in [6.45, 7) is 6.82. The lowest BCUT2D eigenvalue weighted by atomic mass is 10.3. The molecule has 29 heavy (non-hydrogen) atoms. The van der Waals surface area contributed by atoms with Gasteiger partial charge in [-0.15, -0.1) is 0 Å². The van der Waals surface area contributed by atoms with Crippen LogP contribution < -0.4 is 25.4 Å². The van der Waals surface area contributed by atoms with Crippen LogP contribution >= 0.6 is 23.2 Å². The van der Waals surface area contributed by atoms with Crippen LogP contribution in [0.4, 0.5) is 11.9 Å². The Morgan fingerprint density at radius 2 is 1.90 bits per heavy atom. The zero-order valence-electron chi connectivity index (χ0n) is 16.5. The second-order valence-corrected chi connectivity index (χ2v) is 7.00. The van der Waals surface area contributed by atoms with E-state index in [0.717, 1.165) is 0 Å². The molecule has 2 aromatic rings. The Labute approximate surface area is 179 Å². The first-order chi connectivity index (χ1) is 13.9. The van der Waals surface area contributed by atoms with Gasteiger partial charge in [0.05, 0.1) is 11.6 Å². The third-order valence-electron chi connectivity index (χ3n) is 3.28. The van der Waals surface area contributed by atoms with E-state index < -0.39 is 0 Å². The van der Waals surface area contributed by atoms with Crippen LogP contribution in [0.1, 0.15) is 20.8 Å². The third-order valence-corrected chi connectivity index (χ3v) is 3.81. The Morgan fingerprint density at radius 3 is 2.59 bits per heavy atom. The number of nitrogens with one attached hydrogen (secondary N) is 3. The molecule has 0 fully saturated rings. The van der Waals surface area contributed by atoms with Crippen LogP contribution in [0.25, 0.3) is 0 Å². The van der Waals surface area contributed by atoms with Crippen molar-refractivity contribution in [2.45, 2.75) is 26.8 Å². The summed E-state index contributed by atoms with van der Waals surface area (Å²) in [6.07, 6.45) is 0. The molecule has 1 heterocycles. The zero-order valence-corrected chi connectivity index (χ0v) is 18.0. The van der Waals surface area contributed by atoms with E-state index in [0.29, 0.717) is 34.2 Å². The maximum absolute atomic E-state index is 11.9. The summed E-state index contributed by atoms with van der Waals surface area (Å²) < 4.78 is 10.9. The number of hydrogen-bond acceptors (Lipinski definition) is 8. The van der Waals surface area contributed by atoms with Crippen LogP contribution in [0.2, 0.25) is 10.0 Å². The van der Waals surface area contributed by atoms with Gasteiger partial charge in [0.15, 0.2) is 6.61 Å². The lowest BCUT2D eigenvalue weighted by Gasteiger charge is -2.12. The van der Waals surface area contributed by atoms with E-state index in [-0.39, 0.29) is 37.7 Å². The van der Waals surface area contributed by atoms with Crippen molar-refractivity contribution < 1.29 is 14.3 Å². The van der Waals surface area contributed by atoms with Gasteiger partial charge in [0.2, 0.25) is 11.9 Å². The summed E-state index contributed by atoms with van der Waals surface area (Å²) in [6, 6.07) is 5.11. The Morgan fingerprint density at radius 1 is 1.14 bits per heavy atom. The SMILES string of the molecule is CCNc1nc(NC(C)C)nc(OCCNC(=O)COc2ccc(Cl)cc2Cl)n1. The monoisotopic (exact) mass is 442 g/mol. The largest absolute Gasteiger partial charge is 0.482 e. The average molecular weight is 443 g/mol. The number of nitrogens with zero attached hydrogens (tertiary/aromatic N) is 3. The number of hydrogen-bond donors (Lipinski definition) is 3. The van der Waals surface area contributed by atoms with Gasteiger partial charge in [-0.1, -0.05) is 23.2 Å². The number of carbonyl (C=O) groups excluding carboxylic acids is 1. The quantitative estimate of drug-likeness (QED) is 0.455. The molecule has 0 radical (unpaired) electrons. The zero-order chi connectivity index (χ0) is 21.2. The highest BCUT2D eigenvalue weighted by Gasteiger charge is 2.09. The van der Waals surface area contributed by atoms with Gasteiger partial charge in [-0.05, 0) is 39.0 Å². The van der Waals surface area contributed by atoms with Crippen molar-refractivity contribution in [3.05, 3.63) is 28.2 Å². The molecule has 11 heteroatoms. The first-order valence-electron chi connectivity index (χ1n) is 9.11. The molecule has 2 rings (SSSR count). The summed E-state index contributed by atoms with van der Waals surface area (Å²) >= 11 is 11.8. The molecule has 9 nitrogen and oxygen atoms in total. The lowest BCUT2D eigenvalue weighted by molar-refractivity contribution is -0.123. The van der Waals surface area contributed by atoms with Gasteiger partial charge >= 0.3 is 6.01 Å². The van der Waals surface area contributed by atoms with E-state index in [2.05, 4.69) is 30.9 Å². The van der Waals surface area contributed by atoms with Gasteiger partial charge in [-0.2, -0.15) is 15.0 Å². The molecule has 1 aromatic carbocycles. The second-order valence-electron chi connectivity index (χ2n) is 6.16. The predicted octanol–water partition coefficient (Wildman–Crippen LogP) is 3.00. The fraction of sp³-hybridized carbons (Fsp3) is 0.444. The van der Waals surface area contributed by atoms with Crippen LogP contribution in [0, 0.1) is 0 Å². The van der Waals surface area contributed by atoms with Crippen molar-refractivity contribution in [1.82, 2.24) is 20.3 Å². The molecular weight excluding hydrogens is 419 g/mol. The molecule has 0 atom stereocenters. The molecule has 0 unspecified atom stereocenters. The maximum atomic E-state index is 11.9. The number of aromatic nitrogens is 3. The number of benzene rings is 1. The molecule has 1 amide bonds. The summed E-state index contributed by atoms with van der Waals surface area (Å²) in [5.41, 5.74) is 0. The second kappa shape index (κ2) is 11.5. The minimum atomic E-state index is -0.314. The molecule has 1 aromatic heterocycles. The third kappa shape index (κ3) is 8.16. The Kier molecular flexibility index (Phi) is 9.01. The van der Waals surface area contributed by atoms with Crippen LogP contribution in [-0.2, 0) is 4.79 Å². The first kappa shape index (κ1) is 22.8. The van der Waals surface area contributed by atoms with Gasteiger partial charge in [0.25, 0.3) is 5.91 Å². The van der Waals surface area contributed by atoms with Crippen molar-refractivity contribution in [2.24, 2.45) is 0 Å². The highest BCUT2D eigenvalue weighted by atomic mass is 35.5.